The lowest BCUT2D eigenvalue weighted by molar-refractivity contribution is -0.202. The van der Waals surface area contributed by atoms with Gasteiger partial charge in [-0.15, -0.1) is 0 Å². The van der Waals surface area contributed by atoms with Crippen molar-refractivity contribution < 1.29 is 18.0 Å². The number of carbonyl (C=O) groups is 1. The van der Waals surface area contributed by atoms with E-state index in [0.29, 0.717) is 24.3 Å². The molecule has 2 rings (SSSR count). The van der Waals surface area contributed by atoms with E-state index >= 15 is 0 Å². The summed E-state index contributed by atoms with van der Waals surface area (Å²) in [4.78, 5) is 11.5. The molecule has 0 radical (unpaired) electrons. The molecule has 1 fully saturated rings. The highest BCUT2D eigenvalue weighted by atomic mass is 35.5. The fourth-order valence-electron chi connectivity index (χ4n) is 3.10. The number of halogens is 4. The van der Waals surface area contributed by atoms with E-state index in [4.69, 9.17) is 11.6 Å². The summed E-state index contributed by atoms with van der Waals surface area (Å²) in [6.45, 7) is 3.29. The molecule has 1 aliphatic heterocycles. The lowest BCUT2D eigenvalue weighted by atomic mass is 9.97. The highest BCUT2D eigenvalue weighted by Gasteiger charge is 2.51. The lowest BCUT2D eigenvalue weighted by Gasteiger charge is -2.37. The number of alkyl halides is 3. The van der Waals surface area contributed by atoms with Gasteiger partial charge in [-0.1, -0.05) is 36.2 Å². The Labute approximate surface area is 145 Å². The molecular formula is C17H22ClF3N2O. The highest BCUT2D eigenvalue weighted by molar-refractivity contribution is 6.31. The fraction of sp³-hybridized carbons (Fsp3) is 0.588. The number of aryl methyl sites for hydroxylation is 1. The van der Waals surface area contributed by atoms with Crippen LogP contribution < -0.4 is 5.43 Å². The molecule has 3 nitrogen and oxygen atoms in total. The van der Waals surface area contributed by atoms with Gasteiger partial charge >= 0.3 is 6.18 Å². The van der Waals surface area contributed by atoms with Crippen LogP contribution in [0.25, 0.3) is 0 Å². The van der Waals surface area contributed by atoms with E-state index in [-0.39, 0.29) is 18.7 Å². The zero-order valence-corrected chi connectivity index (χ0v) is 14.5. The summed E-state index contributed by atoms with van der Waals surface area (Å²) >= 11 is 6.06. The van der Waals surface area contributed by atoms with E-state index in [0.717, 1.165) is 10.6 Å². The Morgan fingerprint density at radius 3 is 2.50 bits per heavy atom. The predicted octanol–water partition coefficient (Wildman–Crippen LogP) is 4.50. The molecule has 1 aliphatic rings. The number of hydrogen-bond donors (Lipinski definition) is 1. The van der Waals surface area contributed by atoms with Gasteiger partial charge in [0.05, 0.1) is 0 Å². The van der Waals surface area contributed by atoms with E-state index in [1.165, 1.54) is 0 Å². The molecule has 7 heteroatoms. The number of hydrogen-bond acceptors (Lipinski definition) is 2. The van der Waals surface area contributed by atoms with Crippen molar-refractivity contribution in [3.8, 4) is 0 Å². The van der Waals surface area contributed by atoms with Gasteiger partial charge < -0.3 is 0 Å². The zero-order chi connectivity index (χ0) is 18.0. The number of unbranched alkanes of at least 4 members (excludes halogenated alkanes) is 1. The van der Waals surface area contributed by atoms with Crippen molar-refractivity contribution in [2.24, 2.45) is 0 Å². The lowest BCUT2D eigenvalue weighted by Crippen LogP contribution is -2.56. The van der Waals surface area contributed by atoms with Crippen molar-refractivity contribution in [1.29, 1.82) is 0 Å². The fourth-order valence-corrected chi connectivity index (χ4v) is 3.33. The molecule has 0 saturated carbocycles. The number of rotatable bonds is 6. The maximum absolute atomic E-state index is 13.4. The quantitative estimate of drug-likeness (QED) is 0.756. The summed E-state index contributed by atoms with van der Waals surface area (Å²) in [5, 5.41) is 1.71. The summed E-state index contributed by atoms with van der Waals surface area (Å²) < 4.78 is 40.3. The van der Waals surface area contributed by atoms with Crippen molar-refractivity contribution in [3.63, 3.8) is 0 Å². The first-order valence-electron chi connectivity index (χ1n) is 8.00. The van der Waals surface area contributed by atoms with Crippen LogP contribution in [0.15, 0.2) is 24.3 Å². The molecule has 0 bridgehead atoms. The minimum absolute atomic E-state index is 0.0579. The van der Waals surface area contributed by atoms with Gasteiger partial charge in [0.1, 0.15) is 6.04 Å². The molecular weight excluding hydrogens is 341 g/mol. The van der Waals surface area contributed by atoms with Crippen LogP contribution in [0.3, 0.4) is 0 Å². The average molecular weight is 363 g/mol. The maximum atomic E-state index is 13.4. The molecule has 1 N–H and O–H groups in total. The minimum atomic E-state index is -4.39. The summed E-state index contributed by atoms with van der Waals surface area (Å²) in [5.74, 6) is -0.370. The van der Waals surface area contributed by atoms with Crippen molar-refractivity contribution in [2.45, 2.75) is 63.7 Å². The van der Waals surface area contributed by atoms with Crippen LogP contribution in [0.4, 0.5) is 13.2 Å². The van der Waals surface area contributed by atoms with E-state index < -0.39 is 17.8 Å². The minimum Gasteiger partial charge on any atom is -0.288 e. The monoisotopic (exact) mass is 362 g/mol. The molecule has 0 aliphatic carbocycles. The molecule has 1 saturated heterocycles. The Morgan fingerprint density at radius 1 is 1.29 bits per heavy atom. The number of carbonyl (C=O) groups excluding carboxylic acids is 1. The number of nitrogens with one attached hydrogen (secondary N) is 1. The first kappa shape index (κ1) is 19.1. The van der Waals surface area contributed by atoms with E-state index in [2.05, 4.69) is 5.43 Å². The second kappa shape index (κ2) is 7.31. The number of nitrogens with zero attached hydrogens (tertiary/aromatic N) is 1. The third kappa shape index (κ3) is 4.63. The van der Waals surface area contributed by atoms with Crippen LogP contribution in [-0.4, -0.2) is 28.7 Å². The molecule has 0 unspecified atom stereocenters. The number of hydrazine groups is 1. The average Bonchev–Trinajstić information content (AvgIpc) is 2.72. The number of amides is 1. The Morgan fingerprint density at radius 2 is 1.96 bits per heavy atom. The Hall–Kier alpha value is -1.27. The molecule has 1 atom stereocenters. The molecule has 1 aromatic carbocycles. The van der Waals surface area contributed by atoms with Crippen LogP contribution in [0.5, 0.6) is 0 Å². The van der Waals surface area contributed by atoms with Crippen molar-refractivity contribution in [2.75, 3.05) is 0 Å². The van der Waals surface area contributed by atoms with Gasteiger partial charge in [-0.2, -0.15) is 13.2 Å². The summed E-state index contributed by atoms with van der Waals surface area (Å²) in [6.07, 6.45) is -2.73. The van der Waals surface area contributed by atoms with Crippen molar-refractivity contribution in [3.05, 3.63) is 34.9 Å². The first-order valence-corrected chi connectivity index (χ1v) is 8.38. The normalized spacial score (nSPS) is 19.3. The molecule has 0 aromatic heterocycles. The Kier molecular flexibility index (Phi) is 5.81. The van der Waals surface area contributed by atoms with Crippen molar-refractivity contribution in [1.82, 2.24) is 10.4 Å². The summed E-state index contributed by atoms with van der Waals surface area (Å²) in [7, 11) is 0. The van der Waals surface area contributed by atoms with Gasteiger partial charge in [0.25, 0.3) is 0 Å². The van der Waals surface area contributed by atoms with E-state index in [9.17, 15) is 18.0 Å². The SMILES string of the molecule is CC1(C)CC(=O)NN1[C@@H](CCCCc1ccccc1Cl)C(F)(F)F. The summed E-state index contributed by atoms with van der Waals surface area (Å²) in [6, 6.07) is 5.67. The molecule has 1 amide bonds. The van der Waals surface area contributed by atoms with E-state index in [1.807, 2.05) is 18.2 Å². The zero-order valence-electron chi connectivity index (χ0n) is 13.8. The predicted molar refractivity (Wildman–Crippen MR) is 87.5 cm³/mol. The standard InChI is InChI=1S/C17H22ClF3N2O/c1-16(2)11-15(24)22-23(16)14(17(19,20)21)10-6-4-8-12-7-3-5-9-13(12)18/h3,5,7,9,14H,4,6,8,10-11H2,1-2H3,(H,22,24)/t14-/m0/s1. The van der Waals surface area contributed by atoms with E-state index in [1.54, 1.807) is 19.9 Å². The number of benzene rings is 1. The molecule has 24 heavy (non-hydrogen) atoms. The first-order chi connectivity index (χ1) is 11.1. The Balaban J connectivity index is 1.96. The van der Waals surface area contributed by atoms with Gasteiger partial charge in [-0.05, 0) is 44.7 Å². The van der Waals surface area contributed by atoms with Gasteiger partial charge in [0, 0.05) is 17.0 Å². The molecule has 1 heterocycles. The molecule has 1 aromatic rings. The van der Waals surface area contributed by atoms with Crippen LogP contribution in [0.2, 0.25) is 5.02 Å². The van der Waals surface area contributed by atoms with Crippen LogP contribution in [0.1, 0.15) is 45.1 Å². The van der Waals surface area contributed by atoms with Crippen LogP contribution in [-0.2, 0) is 11.2 Å². The highest BCUT2D eigenvalue weighted by Crippen LogP contribution is 2.35. The van der Waals surface area contributed by atoms with Crippen molar-refractivity contribution >= 4 is 17.5 Å². The summed E-state index contributed by atoms with van der Waals surface area (Å²) in [5.41, 5.74) is 2.47. The smallest absolute Gasteiger partial charge is 0.288 e. The Bertz CT molecular complexity index is 589. The van der Waals surface area contributed by atoms with Gasteiger partial charge in [0.2, 0.25) is 5.91 Å². The van der Waals surface area contributed by atoms with Gasteiger partial charge in [-0.25, -0.2) is 5.01 Å². The third-order valence-electron chi connectivity index (χ3n) is 4.31. The van der Waals surface area contributed by atoms with Gasteiger partial charge in [-0.3, -0.25) is 10.2 Å². The molecule has 134 valence electrons. The van der Waals surface area contributed by atoms with Crippen LogP contribution >= 0.6 is 11.6 Å². The molecule has 0 spiro atoms. The van der Waals surface area contributed by atoms with Crippen LogP contribution in [0, 0.1) is 0 Å². The second-order valence-electron chi connectivity index (χ2n) is 6.79. The third-order valence-corrected chi connectivity index (χ3v) is 4.68. The van der Waals surface area contributed by atoms with Gasteiger partial charge in [0.15, 0.2) is 0 Å². The topological polar surface area (TPSA) is 32.3 Å². The maximum Gasteiger partial charge on any atom is 0.405 e. The second-order valence-corrected chi connectivity index (χ2v) is 7.20. The largest absolute Gasteiger partial charge is 0.405 e.